The normalized spacial score (nSPS) is 16.0. The standard InChI is InChI=1S/C18H22ClN3O2S.ClH/c1-12-16(13-2-4-14(19)5-3-13)22-15(25-12)10-21-17(23)18(11-20)6-8-24-9-7-18;/h2-5H,6-11,20H2,1H3,(H,21,23);1H. The molecular formula is C18H23Cl2N3O2S. The highest BCUT2D eigenvalue weighted by molar-refractivity contribution is 7.12. The lowest BCUT2D eigenvalue weighted by Crippen LogP contribution is -2.48. The van der Waals surface area contributed by atoms with Crippen molar-refractivity contribution in [3.8, 4) is 11.3 Å². The van der Waals surface area contributed by atoms with Crippen molar-refractivity contribution in [2.24, 2.45) is 11.1 Å². The molecule has 1 aliphatic rings. The zero-order valence-corrected chi connectivity index (χ0v) is 17.0. The van der Waals surface area contributed by atoms with Crippen LogP contribution in [0.2, 0.25) is 5.02 Å². The van der Waals surface area contributed by atoms with E-state index in [1.54, 1.807) is 11.3 Å². The van der Waals surface area contributed by atoms with Crippen molar-refractivity contribution in [1.29, 1.82) is 0 Å². The van der Waals surface area contributed by atoms with Crippen molar-refractivity contribution in [2.45, 2.75) is 26.3 Å². The maximum absolute atomic E-state index is 12.6. The lowest BCUT2D eigenvalue weighted by molar-refractivity contribution is -0.136. The van der Waals surface area contributed by atoms with Gasteiger partial charge in [-0.2, -0.15) is 0 Å². The quantitative estimate of drug-likeness (QED) is 0.782. The molecule has 3 rings (SSSR count). The van der Waals surface area contributed by atoms with E-state index in [1.165, 1.54) is 0 Å². The average Bonchev–Trinajstić information content (AvgIpc) is 3.01. The molecular weight excluding hydrogens is 393 g/mol. The maximum Gasteiger partial charge on any atom is 0.228 e. The molecule has 2 heterocycles. The second-order valence-corrected chi connectivity index (χ2v) is 8.02. The fourth-order valence-electron chi connectivity index (χ4n) is 3.03. The van der Waals surface area contributed by atoms with Crippen LogP contribution in [0.4, 0.5) is 0 Å². The van der Waals surface area contributed by atoms with E-state index in [4.69, 9.17) is 22.1 Å². The molecule has 2 aromatic rings. The van der Waals surface area contributed by atoms with Gasteiger partial charge in [0.1, 0.15) is 5.01 Å². The number of nitrogens with zero attached hydrogens (tertiary/aromatic N) is 1. The Kier molecular flexibility index (Phi) is 7.43. The fourth-order valence-corrected chi connectivity index (χ4v) is 4.05. The first kappa shape index (κ1) is 21.1. The van der Waals surface area contributed by atoms with E-state index < -0.39 is 5.41 Å². The van der Waals surface area contributed by atoms with Crippen LogP contribution in [0.15, 0.2) is 24.3 Å². The molecule has 1 saturated heterocycles. The first-order valence-corrected chi connectivity index (χ1v) is 9.52. The predicted octanol–water partition coefficient (Wildman–Crippen LogP) is 3.57. The van der Waals surface area contributed by atoms with E-state index in [1.807, 2.05) is 31.2 Å². The highest BCUT2D eigenvalue weighted by Gasteiger charge is 2.38. The van der Waals surface area contributed by atoms with Gasteiger partial charge >= 0.3 is 0 Å². The second-order valence-electron chi connectivity index (χ2n) is 6.30. The molecule has 5 nitrogen and oxygen atoms in total. The summed E-state index contributed by atoms with van der Waals surface area (Å²) in [5.74, 6) is -0.000744. The summed E-state index contributed by atoms with van der Waals surface area (Å²) < 4.78 is 5.36. The molecule has 1 aromatic heterocycles. The molecule has 0 bridgehead atoms. The molecule has 0 aliphatic carbocycles. The Morgan fingerprint density at radius 3 is 2.62 bits per heavy atom. The number of carbonyl (C=O) groups excluding carboxylic acids is 1. The van der Waals surface area contributed by atoms with Gasteiger partial charge in [0.25, 0.3) is 0 Å². The number of benzene rings is 1. The van der Waals surface area contributed by atoms with Crippen molar-refractivity contribution in [3.05, 3.63) is 39.2 Å². The van der Waals surface area contributed by atoms with Gasteiger partial charge in [-0.05, 0) is 31.9 Å². The number of aromatic nitrogens is 1. The Hall–Kier alpha value is -1.18. The topological polar surface area (TPSA) is 77.2 Å². The van der Waals surface area contributed by atoms with Gasteiger partial charge in [0.2, 0.25) is 5.91 Å². The van der Waals surface area contributed by atoms with Crippen molar-refractivity contribution in [2.75, 3.05) is 19.8 Å². The summed E-state index contributed by atoms with van der Waals surface area (Å²) in [6.07, 6.45) is 1.34. The van der Waals surface area contributed by atoms with E-state index in [0.717, 1.165) is 21.1 Å². The minimum Gasteiger partial charge on any atom is -0.381 e. The first-order chi connectivity index (χ1) is 12.0. The Labute approximate surface area is 168 Å². The Morgan fingerprint density at radius 1 is 1.35 bits per heavy atom. The number of nitrogens with two attached hydrogens (primary N) is 1. The summed E-state index contributed by atoms with van der Waals surface area (Å²) in [4.78, 5) is 18.4. The third kappa shape index (κ3) is 4.56. The SMILES string of the molecule is Cc1sc(CNC(=O)C2(CN)CCOCC2)nc1-c1ccc(Cl)cc1.Cl. The number of nitrogens with one attached hydrogen (secondary N) is 1. The van der Waals surface area contributed by atoms with E-state index in [9.17, 15) is 4.79 Å². The zero-order chi connectivity index (χ0) is 17.9. The molecule has 0 unspecified atom stereocenters. The zero-order valence-electron chi connectivity index (χ0n) is 14.6. The van der Waals surface area contributed by atoms with Crippen LogP contribution in [0.1, 0.15) is 22.7 Å². The maximum atomic E-state index is 12.6. The van der Waals surface area contributed by atoms with Gasteiger partial charge in [-0.3, -0.25) is 4.79 Å². The van der Waals surface area contributed by atoms with Crippen LogP contribution in [0.3, 0.4) is 0 Å². The molecule has 1 aromatic carbocycles. The summed E-state index contributed by atoms with van der Waals surface area (Å²) in [5.41, 5.74) is 7.34. The van der Waals surface area contributed by atoms with Gasteiger partial charge in [0, 0.05) is 35.2 Å². The number of hydrogen-bond donors (Lipinski definition) is 2. The lowest BCUT2D eigenvalue weighted by atomic mass is 9.79. The molecule has 0 radical (unpaired) electrons. The molecule has 0 saturated carbocycles. The number of amides is 1. The average molecular weight is 416 g/mol. The number of carbonyl (C=O) groups is 1. The van der Waals surface area contributed by atoms with Crippen LogP contribution in [-0.2, 0) is 16.1 Å². The Morgan fingerprint density at radius 2 is 2.00 bits per heavy atom. The Bertz CT molecular complexity index is 743. The first-order valence-electron chi connectivity index (χ1n) is 8.32. The highest BCUT2D eigenvalue weighted by Crippen LogP contribution is 2.31. The van der Waals surface area contributed by atoms with Gasteiger partial charge < -0.3 is 15.8 Å². The van der Waals surface area contributed by atoms with Gasteiger partial charge in [0.05, 0.1) is 17.7 Å². The third-order valence-corrected chi connectivity index (χ3v) is 5.90. The summed E-state index contributed by atoms with van der Waals surface area (Å²) in [6.45, 7) is 3.96. The smallest absolute Gasteiger partial charge is 0.228 e. The van der Waals surface area contributed by atoms with E-state index >= 15 is 0 Å². The summed E-state index contributed by atoms with van der Waals surface area (Å²) in [6, 6.07) is 7.62. The van der Waals surface area contributed by atoms with Crippen LogP contribution in [0.5, 0.6) is 0 Å². The van der Waals surface area contributed by atoms with Crippen molar-refractivity contribution < 1.29 is 9.53 Å². The van der Waals surface area contributed by atoms with Crippen LogP contribution in [0, 0.1) is 12.3 Å². The minimum atomic E-state index is -0.510. The van der Waals surface area contributed by atoms with Gasteiger partial charge in [-0.25, -0.2) is 4.98 Å². The molecule has 0 atom stereocenters. The van der Waals surface area contributed by atoms with Gasteiger partial charge in [-0.1, -0.05) is 23.7 Å². The number of hydrogen-bond acceptors (Lipinski definition) is 5. The van der Waals surface area contributed by atoms with E-state index in [-0.39, 0.29) is 18.3 Å². The summed E-state index contributed by atoms with van der Waals surface area (Å²) in [7, 11) is 0. The summed E-state index contributed by atoms with van der Waals surface area (Å²) >= 11 is 7.54. The fraction of sp³-hybridized carbons (Fsp3) is 0.444. The molecule has 1 amide bonds. The van der Waals surface area contributed by atoms with Crippen LogP contribution in [0.25, 0.3) is 11.3 Å². The molecule has 0 spiro atoms. The van der Waals surface area contributed by atoms with Gasteiger partial charge in [0.15, 0.2) is 0 Å². The van der Waals surface area contributed by atoms with E-state index in [0.29, 0.717) is 44.2 Å². The summed E-state index contributed by atoms with van der Waals surface area (Å²) in [5, 5.41) is 4.60. The monoisotopic (exact) mass is 415 g/mol. The van der Waals surface area contributed by atoms with E-state index in [2.05, 4.69) is 10.3 Å². The minimum absolute atomic E-state index is 0. The van der Waals surface area contributed by atoms with Gasteiger partial charge in [-0.15, -0.1) is 23.7 Å². The molecule has 3 N–H and O–H groups in total. The van der Waals surface area contributed by atoms with Crippen LogP contribution < -0.4 is 11.1 Å². The lowest BCUT2D eigenvalue weighted by Gasteiger charge is -2.34. The number of rotatable bonds is 5. The number of ether oxygens (including phenoxy) is 1. The van der Waals surface area contributed by atoms with Crippen molar-refractivity contribution in [3.63, 3.8) is 0 Å². The molecule has 1 fully saturated rings. The predicted molar refractivity (Wildman–Crippen MR) is 108 cm³/mol. The van der Waals surface area contributed by atoms with Crippen molar-refractivity contribution in [1.82, 2.24) is 10.3 Å². The molecule has 1 aliphatic heterocycles. The number of aryl methyl sites for hydroxylation is 1. The number of thiazole rings is 1. The van der Waals surface area contributed by atoms with Crippen LogP contribution in [-0.4, -0.2) is 30.6 Å². The highest BCUT2D eigenvalue weighted by atomic mass is 35.5. The largest absolute Gasteiger partial charge is 0.381 e. The van der Waals surface area contributed by atoms with Crippen molar-refractivity contribution >= 4 is 41.3 Å². The Balaban J connectivity index is 0.00000243. The van der Waals surface area contributed by atoms with Crippen LogP contribution >= 0.6 is 35.3 Å². The second kappa shape index (κ2) is 9.15. The molecule has 8 heteroatoms. The molecule has 142 valence electrons. The molecule has 26 heavy (non-hydrogen) atoms. The third-order valence-electron chi connectivity index (χ3n) is 4.68. The number of halogens is 2.